The maximum Gasteiger partial charge on any atom is 0.414 e. The summed E-state index contributed by atoms with van der Waals surface area (Å²) in [5, 5.41) is 12.8. The number of halogens is 1. The molecule has 2 aromatic heterocycles. The smallest absolute Gasteiger partial charge is 0.414 e. The highest BCUT2D eigenvalue weighted by Gasteiger charge is 2.30. The quantitative estimate of drug-likeness (QED) is 0.436. The molecule has 0 bridgehead atoms. The number of aromatic nitrogens is 2. The Morgan fingerprint density at radius 3 is 2.49 bits per heavy atom. The minimum Gasteiger partial charge on any atom is -0.491 e. The minimum absolute atomic E-state index is 0.0594. The Labute approximate surface area is 251 Å². The number of amides is 2. The number of allylic oxidation sites excluding steroid dienone is 1. The summed E-state index contributed by atoms with van der Waals surface area (Å²) in [5.41, 5.74) is 1.03. The first kappa shape index (κ1) is 31.5. The zero-order valence-corrected chi connectivity index (χ0v) is 26.1. The second-order valence-electron chi connectivity index (χ2n) is 12.5. The lowest BCUT2D eigenvalue weighted by molar-refractivity contribution is 0.0273. The molecule has 2 amide bonds. The standard InChI is InChI=1S/C31H39FN6O5/c1-18-20(17-33)22(37(8)28(39)42-30(2,3)4)16-23(34-18)36-27-25(32)24(26-21(35-27)12-15-41-26)19-10-9-13-38(14-11-19)29(40)43-31(5,6)7/h11,16H,9-10,12-15H2,1-8H3,(H,34,35,36). The van der Waals surface area contributed by atoms with E-state index in [4.69, 9.17) is 14.2 Å². The van der Waals surface area contributed by atoms with E-state index in [1.807, 2.05) is 26.8 Å². The van der Waals surface area contributed by atoms with Gasteiger partial charge in [-0.2, -0.15) is 5.26 Å². The third-order valence-electron chi connectivity index (χ3n) is 6.72. The van der Waals surface area contributed by atoms with Crippen LogP contribution in [0.25, 0.3) is 5.57 Å². The van der Waals surface area contributed by atoms with Crippen LogP contribution in [0.1, 0.15) is 76.9 Å². The zero-order chi connectivity index (χ0) is 31.7. The van der Waals surface area contributed by atoms with Gasteiger partial charge in [0.25, 0.3) is 0 Å². The van der Waals surface area contributed by atoms with Crippen molar-refractivity contribution in [3.05, 3.63) is 40.5 Å². The minimum atomic E-state index is -0.742. The number of nitrogens with one attached hydrogen (secondary N) is 1. The summed E-state index contributed by atoms with van der Waals surface area (Å²) in [7, 11) is 1.50. The predicted octanol–water partition coefficient (Wildman–Crippen LogP) is 6.26. The van der Waals surface area contributed by atoms with Gasteiger partial charge in [-0.05, 0) is 66.9 Å². The van der Waals surface area contributed by atoms with Crippen molar-refractivity contribution in [3.8, 4) is 11.8 Å². The van der Waals surface area contributed by atoms with Crippen LogP contribution in [0.2, 0.25) is 0 Å². The van der Waals surface area contributed by atoms with Gasteiger partial charge < -0.3 is 24.4 Å². The third-order valence-corrected chi connectivity index (χ3v) is 6.72. The Kier molecular flexibility index (Phi) is 8.85. The summed E-state index contributed by atoms with van der Waals surface area (Å²) in [6.07, 6.45) is 2.40. The van der Waals surface area contributed by atoms with Crippen molar-refractivity contribution >= 4 is 35.1 Å². The van der Waals surface area contributed by atoms with E-state index in [2.05, 4.69) is 21.4 Å². The molecule has 2 aliphatic rings. The molecule has 0 atom stereocenters. The van der Waals surface area contributed by atoms with Crippen molar-refractivity contribution in [1.29, 1.82) is 5.26 Å². The van der Waals surface area contributed by atoms with Gasteiger partial charge in [-0.3, -0.25) is 4.90 Å². The van der Waals surface area contributed by atoms with E-state index in [9.17, 15) is 14.9 Å². The number of aryl methyl sites for hydroxylation is 1. The largest absolute Gasteiger partial charge is 0.491 e. The summed E-state index contributed by atoms with van der Waals surface area (Å²) in [6.45, 7) is 13.4. The van der Waals surface area contributed by atoms with Crippen molar-refractivity contribution in [3.63, 3.8) is 0 Å². The molecule has 2 aromatic rings. The summed E-state index contributed by atoms with van der Waals surface area (Å²) >= 11 is 0. The zero-order valence-electron chi connectivity index (χ0n) is 26.1. The van der Waals surface area contributed by atoms with Gasteiger partial charge >= 0.3 is 12.2 Å². The molecular formula is C31H39FN6O5. The molecule has 0 radical (unpaired) electrons. The highest BCUT2D eigenvalue weighted by molar-refractivity contribution is 5.90. The van der Waals surface area contributed by atoms with E-state index >= 15 is 4.39 Å². The van der Waals surface area contributed by atoms with Gasteiger partial charge in [0, 0.05) is 32.6 Å². The molecule has 0 aliphatic carbocycles. The van der Waals surface area contributed by atoms with E-state index in [1.165, 1.54) is 18.0 Å². The Balaban J connectivity index is 1.69. The Hall–Kier alpha value is -4.40. The van der Waals surface area contributed by atoms with Crippen molar-refractivity contribution in [2.75, 3.05) is 37.0 Å². The Morgan fingerprint density at radius 2 is 1.84 bits per heavy atom. The molecular weight excluding hydrogens is 555 g/mol. The van der Waals surface area contributed by atoms with E-state index in [1.54, 1.807) is 32.6 Å². The first-order valence-electron chi connectivity index (χ1n) is 14.3. The van der Waals surface area contributed by atoms with Crippen LogP contribution in [-0.2, 0) is 15.9 Å². The first-order chi connectivity index (χ1) is 20.1. The van der Waals surface area contributed by atoms with E-state index in [0.29, 0.717) is 60.7 Å². The number of carbonyl (C=O) groups excluding carboxylic acids is 2. The predicted molar refractivity (Wildman–Crippen MR) is 160 cm³/mol. The van der Waals surface area contributed by atoms with E-state index in [0.717, 1.165) is 0 Å². The molecule has 0 aromatic carbocycles. The van der Waals surface area contributed by atoms with E-state index in [-0.39, 0.29) is 29.4 Å². The fraction of sp³-hybridized carbons (Fsp3) is 0.516. The van der Waals surface area contributed by atoms with Crippen LogP contribution < -0.4 is 15.0 Å². The Bertz CT molecular complexity index is 1500. The van der Waals surface area contributed by atoms with Crippen LogP contribution in [0.5, 0.6) is 5.75 Å². The monoisotopic (exact) mass is 594 g/mol. The van der Waals surface area contributed by atoms with Crippen LogP contribution in [0, 0.1) is 24.1 Å². The molecule has 230 valence electrons. The van der Waals surface area contributed by atoms with Gasteiger partial charge in [-0.25, -0.2) is 23.9 Å². The van der Waals surface area contributed by atoms with Gasteiger partial charge in [-0.15, -0.1) is 0 Å². The second-order valence-corrected chi connectivity index (χ2v) is 12.5. The molecule has 0 spiro atoms. The van der Waals surface area contributed by atoms with Gasteiger partial charge in [0.15, 0.2) is 17.4 Å². The number of nitrogens with zero attached hydrogens (tertiary/aromatic N) is 5. The molecule has 12 heteroatoms. The normalized spacial score (nSPS) is 15.0. The number of anilines is 3. The average molecular weight is 595 g/mol. The highest BCUT2D eigenvalue weighted by Crippen LogP contribution is 2.41. The molecule has 0 saturated heterocycles. The Morgan fingerprint density at radius 1 is 1.14 bits per heavy atom. The summed E-state index contributed by atoms with van der Waals surface area (Å²) in [6, 6.07) is 3.58. The number of hydrogen-bond acceptors (Lipinski definition) is 9. The van der Waals surface area contributed by atoms with Gasteiger partial charge in [-0.1, -0.05) is 6.08 Å². The first-order valence-corrected chi connectivity index (χ1v) is 14.3. The van der Waals surface area contributed by atoms with Crippen molar-refractivity contribution in [2.24, 2.45) is 0 Å². The molecule has 11 nitrogen and oxygen atoms in total. The highest BCUT2D eigenvalue weighted by atomic mass is 19.1. The summed E-state index contributed by atoms with van der Waals surface area (Å²) in [4.78, 5) is 37.3. The lowest BCUT2D eigenvalue weighted by atomic mass is 9.99. The van der Waals surface area contributed by atoms with E-state index < -0.39 is 29.2 Å². The second kappa shape index (κ2) is 12.1. The van der Waals surface area contributed by atoms with Gasteiger partial charge in [0.2, 0.25) is 0 Å². The average Bonchev–Trinajstić information content (AvgIpc) is 3.21. The lowest BCUT2D eigenvalue weighted by Gasteiger charge is -2.26. The third kappa shape index (κ3) is 7.34. The molecule has 4 heterocycles. The SMILES string of the molecule is Cc1nc(Nc2nc3c(c(C4=CCN(C(=O)OC(C)(C)C)CCC4)c2F)OCC3)cc(N(C)C(=O)OC(C)(C)C)c1C#N. The fourth-order valence-corrected chi connectivity index (χ4v) is 4.81. The molecule has 0 saturated carbocycles. The molecule has 1 N–H and O–H groups in total. The van der Waals surface area contributed by atoms with Gasteiger partial charge in [0.05, 0.1) is 34.8 Å². The maximum absolute atomic E-state index is 16.3. The number of carbonyl (C=O) groups is 2. The number of rotatable bonds is 4. The molecule has 0 unspecified atom stereocenters. The van der Waals surface area contributed by atoms with Crippen molar-refractivity contribution < 1.29 is 28.2 Å². The number of fused-ring (bicyclic) bond motifs is 1. The lowest BCUT2D eigenvalue weighted by Crippen LogP contribution is -2.37. The van der Waals surface area contributed by atoms with Crippen LogP contribution >= 0.6 is 0 Å². The van der Waals surface area contributed by atoms with Crippen molar-refractivity contribution in [1.82, 2.24) is 14.9 Å². The number of ether oxygens (including phenoxy) is 3. The maximum atomic E-state index is 16.3. The summed E-state index contributed by atoms with van der Waals surface area (Å²) < 4.78 is 33.1. The van der Waals surface area contributed by atoms with Gasteiger partial charge in [0.1, 0.15) is 23.1 Å². The van der Waals surface area contributed by atoms with Crippen LogP contribution in [-0.4, -0.2) is 65.0 Å². The molecule has 2 aliphatic heterocycles. The van der Waals surface area contributed by atoms with Crippen LogP contribution in [0.4, 0.5) is 31.3 Å². The number of hydrogen-bond donors (Lipinski definition) is 1. The molecule has 43 heavy (non-hydrogen) atoms. The summed E-state index contributed by atoms with van der Waals surface area (Å²) in [5.74, 6) is -0.0854. The fourth-order valence-electron chi connectivity index (χ4n) is 4.81. The van der Waals surface area contributed by atoms with Crippen LogP contribution in [0.15, 0.2) is 12.1 Å². The molecule has 0 fully saturated rings. The molecule has 4 rings (SSSR count). The number of nitriles is 1. The topological polar surface area (TPSA) is 130 Å². The van der Waals surface area contributed by atoms with Crippen LogP contribution in [0.3, 0.4) is 0 Å². The number of pyridine rings is 2. The van der Waals surface area contributed by atoms with Crippen molar-refractivity contribution in [2.45, 2.75) is 78.9 Å².